The summed E-state index contributed by atoms with van der Waals surface area (Å²) in [5.74, 6) is 1.33. The van der Waals surface area contributed by atoms with Crippen LogP contribution in [0, 0.1) is 6.92 Å². The van der Waals surface area contributed by atoms with E-state index in [1.807, 2.05) is 26.8 Å². The molecule has 0 atom stereocenters. The first kappa shape index (κ1) is 15.9. The van der Waals surface area contributed by atoms with E-state index in [9.17, 15) is 9.90 Å². The average molecular weight is 315 g/mol. The van der Waals surface area contributed by atoms with Gasteiger partial charge in [-0.3, -0.25) is 4.79 Å². The lowest BCUT2D eigenvalue weighted by Gasteiger charge is -2.37. The summed E-state index contributed by atoms with van der Waals surface area (Å²) in [6.07, 6.45) is 1.37. The molecule has 23 heavy (non-hydrogen) atoms. The molecule has 1 fully saturated rings. The minimum Gasteiger partial charge on any atom is -0.506 e. The Kier molecular flexibility index (Phi) is 3.66. The van der Waals surface area contributed by atoms with Gasteiger partial charge < -0.3 is 14.7 Å². The number of aliphatic hydroxyl groups excluding tert-OH is 1. The quantitative estimate of drug-likeness (QED) is 0.892. The monoisotopic (exact) mass is 315 g/mol. The van der Waals surface area contributed by atoms with Gasteiger partial charge in [-0.05, 0) is 50.3 Å². The van der Waals surface area contributed by atoms with Crippen LogP contribution in [0.5, 0.6) is 5.75 Å². The molecule has 1 amide bonds. The maximum Gasteiger partial charge on any atom is 0.227 e. The van der Waals surface area contributed by atoms with Crippen molar-refractivity contribution in [3.05, 3.63) is 34.6 Å². The molecule has 2 heterocycles. The first-order valence-electron chi connectivity index (χ1n) is 8.31. The molecule has 124 valence electrons. The van der Waals surface area contributed by atoms with Crippen LogP contribution in [0.3, 0.4) is 0 Å². The molecule has 4 heteroatoms. The number of carbonyl (C=O) groups excluding carboxylic acids is 1. The van der Waals surface area contributed by atoms with Gasteiger partial charge in [0.15, 0.2) is 11.4 Å². The normalized spacial score (nSPS) is 20.1. The fourth-order valence-corrected chi connectivity index (χ4v) is 3.58. The van der Waals surface area contributed by atoms with E-state index in [0.717, 1.165) is 23.3 Å². The van der Waals surface area contributed by atoms with Gasteiger partial charge in [-0.15, -0.1) is 0 Å². The van der Waals surface area contributed by atoms with Crippen LogP contribution in [0.1, 0.15) is 63.1 Å². The average Bonchev–Trinajstić information content (AvgIpc) is 2.86. The molecule has 0 aliphatic carbocycles. The SMILES string of the molecule is Cc1c(C(C)C)ccc2c1C(N1CCCC1=O)=C(O)C(C)(C)O2. The van der Waals surface area contributed by atoms with E-state index in [0.29, 0.717) is 24.6 Å². The Labute approximate surface area is 137 Å². The topological polar surface area (TPSA) is 49.8 Å². The van der Waals surface area contributed by atoms with Crippen LogP contribution in [-0.2, 0) is 4.79 Å². The Morgan fingerprint density at radius 3 is 2.57 bits per heavy atom. The van der Waals surface area contributed by atoms with Gasteiger partial charge in [0, 0.05) is 18.5 Å². The molecule has 0 saturated carbocycles. The molecular weight excluding hydrogens is 290 g/mol. The van der Waals surface area contributed by atoms with Gasteiger partial charge in [0.2, 0.25) is 5.91 Å². The molecule has 0 unspecified atom stereocenters. The van der Waals surface area contributed by atoms with Gasteiger partial charge in [0.25, 0.3) is 0 Å². The molecule has 3 rings (SSSR count). The highest BCUT2D eigenvalue weighted by Gasteiger charge is 2.41. The van der Waals surface area contributed by atoms with Crippen molar-refractivity contribution in [2.24, 2.45) is 0 Å². The number of likely N-dealkylation sites (tertiary alicyclic amines) is 1. The molecule has 1 aromatic rings. The summed E-state index contributed by atoms with van der Waals surface area (Å²) in [5, 5.41) is 10.8. The number of carbonyl (C=O) groups is 1. The van der Waals surface area contributed by atoms with Gasteiger partial charge in [-0.25, -0.2) is 0 Å². The Hall–Kier alpha value is -1.97. The second-order valence-corrected chi connectivity index (χ2v) is 7.27. The van der Waals surface area contributed by atoms with Crippen LogP contribution in [-0.4, -0.2) is 28.1 Å². The van der Waals surface area contributed by atoms with E-state index in [1.54, 1.807) is 4.90 Å². The van der Waals surface area contributed by atoms with E-state index < -0.39 is 5.60 Å². The summed E-state index contributed by atoms with van der Waals surface area (Å²) in [5.41, 5.74) is 2.96. The first-order chi connectivity index (χ1) is 10.7. The predicted molar refractivity (Wildman–Crippen MR) is 90.5 cm³/mol. The van der Waals surface area contributed by atoms with E-state index in [1.165, 1.54) is 5.56 Å². The highest BCUT2D eigenvalue weighted by molar-refractivity contribution is 5.91. The first-order valence-corrected chi connectivity index (χ1v) is 8.31. The number of amides is 1. The van der Waals surface area contributed by atoms with Crippen molar-refractivity contribution in [1.29, 1.82) is 0 Å². The number of hydrogen-bond donors (Lipinski definition) is 1. The molecule has 2 aliphatic rings. The molecule has 2 aliphatic heterocycles. The van der Waals surface area contributed by atoms with E-state index in [2.05, 4.69) is 19.9 Å². The highest BCUT2D eigenvalue weighted by Crippen LogP contribution is 2.45. The Morgan fingerprint density at radius 1 is 1.30 bits per heavy atom. The zero-order valence-electron chi connectivity index (χ0n) is 14.6. The van der Waals surface area contributed by atoms with Crippen LogP contribution < -0.4 is 4.74 Å². The Morgan fingerprint density at radius 2 is 2.00 bits per heavy atom. The van der Waals surface area contributed by atoms with Crippen molar-refractivity contribution in [3.8, 4) is 5.75 Å². The summed E-state index contributed by atoms with van der Waals surface area (Å²) in [6.45, 7) is 10.6. The molecule has 1 aromatic carbocycles. The third-order valence-corrected chi connectivity index (χ3v) is 4.83. The summed E-state index contributed by atoms with van der Waals surface area (Å²) < 4.78 is 6.03. The van der Waals surface area contributed by atoms with Crippen molar-refractivity contribution in [3.63, 3.8) is 0 Å². The Balaban J connectivity index is 2.27. The number of hydrogen-bond acceptors (Lipinski definition) is 3. The van der Waals surface area contributed by atoms with Gasteiger partial charge in [-0.2, -0.15) is 0 Å². The fraction of sp³-hybridized carbons (Fsp3) is 0.526. The summed E-state index contributed by atoms with van der Waals surface area (Å²) in [7, 11) is 0. The maximum atomic E-state index is 12.3. The van der Waals surface area contributed by atoms with E-state index in [4.69, 9.17) is 4.74 Å². The largest absolute Gasteiger partial charge is 0.506 e. The third-order valence-electron chi connectivity index (χ3n) is 4.83. The summed E-state index contributed by atoms with van der Waals surface area (Å²) >= 11 is 0. The van der Waals surface area contributed by atoms with Crippen molar-refractivity contribution in [1.82, 2.24) is 4.90 Å². The van der Waals surface area contributed by atoms with Crippen LogP contribution in [0.4, 0.5) is 0 Å². The standard InChI is InChI=1S/C19H25NO3/c1-11(2)13-8-9-14-16(12(13)3)17(18(22)19(4,5)23-14)20-10-6-7-15(20)21/h8-9,11,22H,6-7,10H2,1-5H3. The lowest BCUT2D eigenvalue weighted by molar-refractivity contribution is -0.125. The van der Waals surface area contributed by atoms with Crippen molar-refractivity contribution >= 4 is 11.6 Å². The van der Waals surface area contributed by atoms with Crippen molar-refractivity contribution in [2.75, 3.05) is 6.54 Å². The number of benzene rings is 1. The van der Waals surface area contributed by atoms with Gasteiger partial charge in [0.1, 0.15) is 5.75 Å². The predicted octanol–water partition coefficient (Wildman–Crippen LogP) is 4.14. The van der Waals surface area contributed by atoms with Gasteiger partial charge >= 0.3 is 0 Å². The highest BCUT2D eigenvalue weighted by atomic mass is 16.5. The molecule has 0 bridgehead atoms. The molecule has 0 radical (unpaired) electrons. The second-order valence-electron chi connectivity index (χ2n) is 7.27. The molecule has 0 aromatic heterocycles. The molecular formula is C19H25NO3. The number of fused-ring (bicyclic) bond motifs is 1. The van der Waals surface area contributed by atoms with Crippen LogP contribution >= 0.6 is 0 Å². The van der Waals surface area contributed by atoms with Crippen LogP contribution in [0.25, 0.3) is 5.70 Å². The maximum absolute atomic E-state index is 12.3. The number of nitrogens with zero attached hydrogens (tertiary/aromatic N) is 1. The van der Waals surface area contributed by atoms with Gasteiger partial charge in [-0.1, -0.05) is 19.9 Å². The lowest BCUT2D eigenvalue weighted by atomic mass is 9.88. The fourth-order valence-electron chi connectivity index (χ4n) is 3.58. The van der Waals surface area contributed by atoms with E-state index in [-0.39, 0.29) is 11.7 Å². The van der Waals surface area contributed by atoms with Crippen molar-refractivity contribution in [2.45, 2.75) is 59.0 Å². The molecule has 1 saturated heterocycles. The number of rotatable bonds is 2. The smallest absolute Gasteiger partial charge is 0.227 e. The third kappa shape index (κ3) is 2.41. The minimum absolute atomic E-state index is 0.0737. The Bertz CT molecular complexity index is 701. The zero-order chi connectivity index (χ0) is 16.9. The van der Waals surface area contributed by atoms with E-state index >= 15 is 0 Å². The molecule has 1 N–H and O–H groups in total. The van der Waals surface area contributed by atoms with Gasteiger partial charge in [0.05, 0.1) is 5.70 Å². The van der Waals surface area contributed by atoms with Crippen LogP contribution in [0.2, 0.25) is 0 Å². The lowest BCUT2D eigenvalue weighted by Crippen LogP contribution is -2.39. The molecule has 4 nitrogen and oxygen atoms in total. The number of ether oxygens (including phenoxy) is 1. The van der Waals surface area contributed by atoms with Crippen molar-refractivity contribution < 1.29 is 14.6 Å². The molecule has 0 spiro atoms. The minimum atomic E-state index is -0.836. The summed E-state index contributed by atoms with van der Waals surface area (Å²) in [6, 6.07) is 4.05. The summed E-state index contributed by atoms with van der Waals surface area (Å²) in [4.78, 5) is 14.0. The second kappa shape index (κ2) is 5.29. The zero-order valence-corrected chi connectivity index (χ0v) is 14.6. The van der Waals surface area contributed by atoms with Crippen LogP contribution in [0.15, 0.2) is 17.9 Å². The number of aliphatic hydroxyl groups is 1.